The van der Waals surface area contributed by atoms with E-state index in [1.54, 1.807) is 18.2 Å². The molecule has 1 fully saturated rings. The van der Waals surface area contributed by atoms with E-state index in [4.69, 9.17) is 4.42 Å². The molecule has 0 radical (unpaired) electrons. The van der Waals surface area contributed by atoms with E-state index in [-0.39, 0.29) is 17.1 Å². The van der Waals surface area contributed by atoms with E-state index < -0.39 is 23.2 Å². The number of thioether (sulfide) groups is 1. The molecule has 1 aliphatic heterocycles. The maximum absolute atomic E-state index is 13.7. The first-order chi connectivity index (χ1) is 11.0. The minimum atomic E-state index is -1.27. The molecule has 2 aromatic rings. The van der Waals surface area contributed by atoms with E-state index in [9.17, 15) is 19.1 Å². The van der Waals surface area contributed by atoms with Gasteiger partial charge in [0.25, 0.3) is 5.91 Å². The van der Waals surface area contributed by atoms with Crippen LogP contribution in [-0.2, 0) is 4.79 Å². The molecular formula is C16H14FNO4S. The van der Waals surface area contributed by atoms with E-state index in [1.165, 1.54) is 30.0 Å². The summed E-state index contributed by atoms with van der Waals surface area (Å²) in [6.07, 6.45) is 0.361. The van der Waals surface area contributed by atoms with Crippen molar-refractivity contribution in [1.82, 2.24) is 5.32 Å². The Morgan fingerprint density at radius 3 is 2.70 bits per heavy atom. The zero-order valence-corrected chi connectivity index (χ0v) is 12.9. The number of hydrogen-bond acceptors (Lipinski definition) is 4. The van der Waals surface area contributed by atoms with Gasteiger partial charge in [-0.25, -0.2) is 9.18 Å². The lowest BCUT2D eigenvalue weighted by Gasteiger charge is -2.23. The minimum Gasteiger partial charge on any atom is -0.479 e. The molecule has 1 saturated heterocycles. The number of furan rings is 1. The zero-order chi connectivity index (χ0) is 16.4. The summed E-state index contributed by atoms with van der Waals surface area (Å²) in [4.78, 5) is 23.7. The number of amides is 1. The van der Waals surface area contributed by atoms with Crippen LogP contribution in [0, 0.1) is 5.82 Å². The monoisotopic (exact) mass is 335 g/mol. The van der Waals surface area contributed by atoms with Gasteiger partial charge < -0.3 is 14.8 Å². The standard InChI is InChI=1S/C16H14FNO4S/c17-11-4-2-1-3-10(11)12-5-6-13(22-12)14(19)18-16(15(20)21)7-8-23-9-16/h1-6H,7-9H2,(H,18,19)(H,20,21). The first-order valence-electron chi connectivity index (χ1n) is 7.00. The van der Waals surface area contributed by atoms with Crippen LogP contribution >= 0.6 is 11.8 Å². The summed E-state index contributed by atoms with van der Waals surface area (Å²) in [5, 5.41) is 11.9. The molecule has 0 aliphatic carbocycles. The lowest BCUT2D eigenvalue weighted by atomic mass is 9.99. The molecule has 1 unspecified atom stereocenters. The summed E-state index contributed by atoms with van der Waals surface area (Å²) in [6.45, 7) is 0. The first-order valence-corrected chi connectivity index (χ1v) is 8.16. The molecule has 120 valence electrons. The number of hydrogen-bond donors (Lipinski definition) is 2. The van der Waals surface area contributed by atoms with Gasteiger partial charge in [-0.15, -0.1) is 0 Å². The molecule has 23 heavy (non-hydrogen) atoms. The van der Waals surface area contributed by atoms with Crippen molar-refractivity contribution in [3.8, 4) is 11.3 Å². The minimum absolute atomic E-state index is 0.0409. The molecule has 1 amide bonds. The van der Waals surface area contributed by atoms with E-state index in [0.717, 1.165) is 0 Å². The Morgan fingerprint density at radius 1 is 1.26 bits per heavy atom. The summed E-state index contributed by atoms with van der Waals surface area (Å²) in [7, 11) is 0. The summed E-state index contributed by atoms with van der Waals surface area (Å²) in [5.74, 6) is -0.961. The van der Waals surface area contributed by atoms with Gasteiger partial charge in [-0.3, -0.25) is 4.79 Å². The van der Waals surface area contributed by atoms with Crippen LogP contribution in [0.4, 0.5) is 4.39 Å². The topological polar surface area (TPSA) is 79.5 Å². The molecule has 0 bridgehead atoms. The maximum Gasteiger partial charge on any atom is 0.330 e. The molecular weight excluding hydrogens is 321 g/mol. The molecule has 2 N–H and O–H groups in total. The molecule has 1 aromatic heterocycles. The van der Waals surface area contributed by atoms with Crippen LogP contribution < -0.4 is 5.32 Å². The normalized spacial score (nSPS) is 20.4. The Kier molecular flexibility index (Phi) is 4.12. The average molecular weight is 335 g/mol. The Morgan fingerprint density at radius 2 is 2.04 bits per heavy atom. The van der Waals surface area contributed by atoms with Crippen LogP contribution in [0.1, 0.15) is 17.0 Å². The van der Waals surface area contributed by atoms with E-state index in [1.807, 2.05) is 0 Å². The second-order valence-electron chi connectivity index (χ2n) is 5.29. The number of aliphatic carboxylic acids is 1. The number of rotatable bonds is 4. The Hall–Kier alpha value is -2.28. The van der Waals surface area contributed by atoms with Crippen molar-refractivity contribution in [3.05, 3.63) is 48.0 Å². The van der Waals surface area contributed by atoms with Crippen LogP contribution in [0.3, 0.4) is 0 Å². The van der Waals surface area contributed by atoms with Gasteiger partial charge in [-0.05, 0) is 36.4 Å². The molecule has 7 heteroatoms. The predicted octanol–water partition coefficient (Wildman–Crippen LogP) is 2.78. The van der Waals surface area contributed by atoms with Gasteiger partial charge in [-0.2, -0.15) is 11.8 Å². The number of carboxylic acids is 1. The number of nitrogens with one attached hydrogen (secondary N) is 1. The van der Waals surface area contributed by atoms with Crippen molar-refractivity contribution in [1.29, 1.82) is 0 Å². The third-order valence-corrected chi connectivity index (χ3v) is 4.94. The second-order valence-corrected chi connectivity index (χ2v) is 6.39. The van der Waals surface area contributed by atoms with Crippen LogP contribution in [0.15, 0.2) is 40.8 Å². The van der Waals surface area contributed by atoms with Gasteiger partial charge in [0.1, 0.15) is 17.1 Å². The number of carbonyl (C=O) groups is 2. The Balaban J connectivity index is 1.82. The SMILES string of the molecule is O=C(NC1(C(=O)O)CCSC1)c1ccc(-c2ccccc2F)o1. The molecule has 2 heterocycles. The largest absolute Gasteiger partial charge is 0.479 e. The lowest BCUT2D eigenvalue weighted by Crippen LogP contribution is -2.54. The summed E-state index contributed by atoms with van der Waals surface area (Å²) < 4.78 is 19.1. The van der Waals surface area contributed by atoms with E-state index >= 15 is 0 Å². The third-order valence-electron chi connectivity index (χ3n) is 3.75. The second kappa shape index (κ2) is 6.08. The maximum atomic E-state index is 13.7. The lowest BCUT2D eigenvalue weighted by molar-refractivity contribution is -0.143. The van der Waals surface area contributed by atoms with Crippen molar-refractivity contribution in [2.24, 2.45) is 0 Å². The van der Waals surface area contributed by atoms with Gasteiger partial charge >= 0.3 is 5.97 Å². The quantitative estimate of drug-likeness (QED) is 0.898. The molecule has 1 aromatic carbocycles. The van der Waals surface area contributed by atoms with E-state index in [0.29, 0.717) is 17.9 Å². The van der Waals surface area contributed by atoms with Crippen molar-refractivity contribution in [2.45, 2.75) is 12.0 Å². The van der Waals surface area contributed by atoms with Gasteiger partial charge in [0.15, 0.2) is 5.76 Å². The number of carboxylic acid groups (broad SMARTS) is 1. The van der Waals surface area contributed by atoms with Gasteiger partial charge in [0.05, 0.1) is 5.56 Å². The molecule has 3 rings (SSSR count). The number of benzene rings is 1. The molecule has 1 atom stereocenters. The smallest absolute Gasteiger partial charge is 0.330 e. The molecule has 0 spiro atoms. The highest BCUT2D eigenvalue weighted by Crippen LogP contribution is 2.29. The predicted molar refractivity (Wildman–Crippen MR) is 83.9 cm³/mol. The van der Waals surface area contributed by atoms with Crippen LogP contribution in [0.2, 0.25) is 0 Å². The highest BCUT2D eigenvalue weighted by Gasteiger charge is 2.43. The van der Waals surface area contributed by atoms with Crippen molar-refractivity contribution < 1.29 is 23.5 Å². The fourth-order valence-electron chi connectivity index (χ4n) is 2.43. The van der Waals surface area contributed by atoms with Gasteiger partial charge in [0, 0.05) is 5.75 Å². The highest BCUT2D eigenvalue weighted by atomic mass is 32.2. The molecule has 0 saturated carbocycles. The first kappa shape index (κ1) is 15.6. The van der Waals surface area contributed by atoms with Gasteiger partial charge in [0.2, 0.25) is 0 Å². The summed E-state index contributed by atoms with van der Waals surface area (Å²) >= 11 is 1.47. The Bertz CT molecular complexity index is 752. The van der Waals surface area contributed by atoms with Crippen molar-refractivity contribution in [3.63, 3.8) is 0 Å². The van der Waals surface area contributed by atoms with Crippen LogP contribution in [-0.4, -0.2) is 34.0 Å². The zero-order valence-electron chi connectivity index (χ0n) is 12.0. The average Bonchev–Trinajstić information content (AvgIpc) is 3.17. The van der Waals surface area contributed by atoms with Crippen molar-refractivity contribution >= 4 is 23.6 Å². The third kappa shape index (κ3) is 2.96. The van der Waals surface area contributed by atoms with Gasteiger partial charge in [-0.1, -0.05) is 12.1 Å². The summed E-state index contributed by atoms with van der Waals surface area (Å²) in [6, 6.07) is 8.97. The summed E-state index contributed by atoms with van der Waals surface area (Å²) in [5.41, 5.74) is -1.02. The van der Waals surface area contributed by atoms with Crippen LogP contribution in [0.5, 0.6) is 0 Å². The molecule has 1 aliphatic rings. The number of halogens is 1. The fraction of sp³-hybridized carbons (Fsp3) is 0.250. The highest BCUT2D eigenvalue weighted by molar-refractivity contribution is 7.99. The van der Waals surface area contributed by atoms with Crippen molar-refractivity contribution in [2.75, 3.05) is 11.5 Å². The molecule has 5 nitrogen and oxygen atoms in total. The van der Waals surface area contributed by atoms with Crippen LogP contribution in [0.25, 0.3) is 11.3 Å². The number of carbonyl (C=O) groups excluding carboxylic acids is 1. The fourth-order valence-corrected chi connectivity index (χ4v) is 3.76. The Labute approximate surface area is 135 Å². The van der Waals surface area contributed by atoms with E-state index in [2.05, 4.69) is 5.32 Å².